The number of hydrogen-bond donors (Lipinski definition) is 3. The van der Waals surface area contributed by atoms with Gasteiger partial charge in [0, 0.05) is 11.7 Å². The first-order valence-electron chi connectivity index (χ1n) is 5.50. The van der Waals surface area contributed by atoms with Crippen LogP contribution in [-0.4, -0.2) is 20.4 Å². The van der Waals surface area contributed by atoms with Crippen molar-refractivity contribution in [2.45, 2.75) is 25.5 Å². The monoisotopic (exact) mass is 248 g/mol. The number of nitrogens with zero attached hydrogens (tertiary/aromatic N) is 1. The number of aryl methyl sites for hydroxylation is 1. The van der Waals surface area contributed by atoms with Crippen LogP contribution in [0.1, 0.15) is 18.3 Å². The van der Waals surface area contributed by atoms with Crippen LogP contribution >= 0.6 is 11.8 Å². The molecule has 2 rings (SSSR count). The maximum atomic E-state index is 7.24. The van der Waals surface area contributed by atoms with Crippen LogP contribution in [0.2, 0.25) is 0 Å². The highest BCUT2D eigenvalue weighted by molar-refractivity contribution is 8.14. The number of rotatable bonds is 3. The fourth-order valence-electron chi connectivity index (χ4n) is 1.80. The van der Waals surface area contributed by atoms with E-state index in [1.807, 2.05) is 13.0 Å². The smallest absolute Gasteiger partial charge is 0.151 e. The predicted molar refractivity (Wildman–Crippen MR) is 73.5 cm³/mol. The number of hydrogen-bond acceptors (Lipinski definition) is 3. The highest BCUT2D eigenvalue weighted by Crippen LogP contribution is 2.17. The predicted octanol–water partition coefficient (Wildman–Crippen LogP) is 2.43. The molecule has 0 bridgehead atoms. The van der Waals surface area contributed by atoms with Crippen molar-refractivity contribution in [3.05, 3.63) is 29.6 Å². The lowest BCUT2D eigenvalue weighted by molar-refractivity contribution is 0.882. The van der Waals surface area contributed by atoms with Gasteiger partial charge in [0.05, 0.1) is 11.0 Å². The lowest BCUT2D eigenvalue weighted by Gasteiger charge is -2.06. The van der Waals surface area contributed by atoms with Crippen LogP contribution in [0.3, 0.4) is 0 Å². The number of nitrogens with one attached hydrogen (secondary N) is 2. The van der Waals surface area contributed by atoms with E-state index >= 15 is 0 Å². The Labute approximate surface area is 105 Å². The van der Waals surface area contributed by atoms with E-state index in [9.17, 15) is 0 Å². The maximum Gasteiger partial charge on any atom is 0.151 e. The lowest BCUT2D eigenvalue weighted by Crippen LogP contribution is -2.12. The molecule has 0 amide bonds. The summed E-state index contributed by atoms with van der Waals surface area (Å²) in [7, 11) is 0. The molecular weight excluding hydrogens is 232 g/mol. The average Bonchev–Trinajstić information content (AvgIpc) is 2.57. The van der Waals surface area contributed by atoms with Gasteiger partial charge in [-0.3, -0.25) is 5.41 Å². The molecule has 0 aliphatic heterocycles. The summed E-state index contributed by atoms with van der Waals surface area (Å²) in [6.45, 7) is 4.11. The Morgan fingerprint density at radius 3 is 3.06 bits per heavy atom. The summed E-state index contributed by atoms with van der Waals surface area (Å²) in [5, 5.41) is 7.65. The number of imidazole rings is 1. The first-order valence-corrected chi connectivity index (χ1v) is 6.38. The van der Waals surface area contributed by atoms with Crippen molar-refractivity contribution >= 4 is 28.0 Å². The van der Waals surface area contributed by atoms with Crippen LogP contribution < -0.4 is 5.73 Å². The molecule has 1 atom stereocenters. The van der Waals surface area contributed by atoms with Gasteiger partial charge < -0.3 is 10.7 Å². The molecule has 0 saturated heterocycles. The second-order valence-corrected chi connectivity index (χ2v) is 5.68. The molecule has 0 saturated carbocycles. The van der Waals surface area contributed by atoms with Gasteiger partial charge in [-0.1, -0.05) is 24.8 Å². The van der Waals surface area contributed by atoms with Gasteiger partial charge in [-0.25, -0.2) is 4.98 Å². The van der Waals surface area contributed by atoms with Gasteiger partial charge in [-0.15, -0.1) is 0 Å². The molecule has 0 radical (unpaired) electrons. The van der Waals surface area contributed by atoms with Crippen LogP contribution in [0.5, 0.6) is 0 Å². The third-order valence-corrected chi connectivity index (χ3v) is 3.32. The quantitative estimate of drug-likeness (QED) is 0.576. The fourth-order valence-corrected chi connectivity index (χ4v) is 2.48. The minimum absolute atomic E-state index is 0.157. The van der Waals surface area contributed by atoms with Crippen LogP contribution in [0.25, 0.3) is 11.0 Å². The Balaban J connectivity index is 2.16. The molecule has 0 aliphatic carbocycles. The zero-order chi connectivity index (χ0) is 12.4. The van der Waals surface area contributed by atoms with E-state index in [4.69, 9.17) is 11.1 Å². The molecule has 1 aromatic heterocycles. The van der Waals surface area contributed by atoms with Gasteiger partial charge in [0.15, 0.2) is 5.17 Å². The van der Waals surface area contributed by atoms with Gasteiger partial charge in [-0.2, -0.15) is 0 Å². The van der Waals surface area contributed by atoms with Crippen LogP contribution in [-0.2, 0) is 6.42 Å². The van der Waals surface area contributed by atoms with E-state index in [1.54, 1.807) is 0 Å². The SMILES string of the molecule is Cc1ccc2nc(CC(C)SC(=N)N)[nH]c2c1. The topological polar surface area (TPSA) is 78.6 Å². The number of thioether (sulfide) groups is 1. The van der Waals surface area contributed by atoms with Crippen molar-refractivity contribution in [2.24, 2.45) is 5.73 Å². The molecule has 1 aromatic carbocycles. The zero-order valence-corrected chi connectivity index (χ0v) is 10.8. The van der Waals surface area contributed by atoms with Crippen molar-refractivity contribution in [3.63, 3.8) is 0 Å². The molecule has 0 aliphatic rings. The first-order chi connectivity index (χ1) is 8.04. The second kappa shape index (κ2) is 4.79. The number of H-pyrrole nitrogens is 1. The normalized spacial score (nSPS) is 12.8. The molecule has 0 fully saturated rings. The van der Waals surface area contributed by atoms with Gasteiger partial charge >= 0.3 is 0 Å². The first kappa shape index (κ1) is 12.0. The summed E-state index contributed by atoms with van der Waals surface area (Å²) in [4.78, 5) is 7.83. The average molecular weight is 248 g/mol. The summed E-state index contributed by atoms with van der Waals surface area (Å²) in [5.41, 5.74) is 8.64. The standard InChI is InChI=1S/C12H16N4S/c1-7-3-4-9-10(5-7)16-11(15-9)6-8(2)17-12(13)14/h3-5,8H,6H2,1-2H3,(H3,13,14)(H,15,16). The van der Waals surface area contributed by atoms with E-state index in [0.29, 0.717) is 0 Å². The fraction of sp³-hybridized carbons (Fsp3) is 0.333. The Kier molecular flexibility index (Phi) is 3.38. The molecule has 4 N–H and O–H groups in total. The van der Waals surface area contributed by atoms with E-state index in [-0.39, 0.29) is 10.4 Å². The van der Waals surface area contributed by atoms with Gasteiger partial charge in [0.2, 0.25) is 0 Å². The third kappa shape index (κ3) is 3.00. The summed E-state index contributed by atoms with van der Waals surface area (Å²) in [6, 6.07) is 6.17. The highest BCUT2D eigenvalue weighted by atomic mass is 32.2. The van der Waals surface area contributed by atoms with E-state index < -0.39 is 0 Å². The molecule has 1 unspecified atom stereocenters. The van der Waals surface area contributed by atoms with Gasteiger partial charge in [-0.05, 0) is 24.6 Å². The number of amidine groups is 1. The summed E-state index contributed by atoms with van der Waals surface area (Å²) in [5.74, 6) is 0.951. The lowest BCUT2D eigenvalue weighted by atomic mass is 10.2. The minimum atomic E-state index is 0.157. The van der Waals surface area contributed by atoms with Crippen LogP contribution in [0, 0.1) is 12.3 Å². The molecule has 0 spiro atoms. The van der Waals surface area contributed by atoms with Crippen molar-refractivity contribution < 1.29 is 0 Å². The third-order valence-electron chi connectivity index (χ3n) is 2.50. The van der Waals surface area contributed by atoms with E-state index in [0.717, 1.165) is 23.3 Å². The van der Waals surface area contributed by atoms with Gasteiger partial charge in [0.1, 0.15) is 5.82 Å². The molecule has 2 aromatic rings. The summed E-state index contributed by atoms with van der Waals surface area (Å²) >= 11 is 1.36. The molecular formula is C12H16N4S. The second-order valence-electron chi connectivity index (χ2n) is 4.20. The molecule has 4 nitrogen and oxygen atoms in total. The Morgan fingerprint density at radius 2 is 2.35 bits per heavy atom. The Morgan fingerprint density at radius 1 is 1.59 bits per heavy atom. The molecule has 17 heavy (non-hydrogen) atoms. The number of benzene rings is 1. The Hall–Kier alpha value is -1.49. The van der Waals surface area contributed by atoms with Gasteiger partial charge in [0.25, 0.3) is 0 Å². The number of nitrogens with two attached hydrogens (primary N) is 1. The van der Waals surface area contributed by atoms with Crippen LogP contribution in [0.15, 0.2) is 18.2 Å². The molecule has 1 heterocycles. The number of aromatic nitrogens is 2. The minimum Gasteiger partial charge on any atom is -0.379 e. The van der Waals surface area contributed by atoms with Crippen LogP contribution in [0.4, 0.5) is 0 Å². The van der Waals surface area contributed by atoms with Crippen molar-refractivity contribution in [1.29, 1.82) is 5.41 Å². The largest absolute Gasteiger partial charge is 0.379 e. The number of aromatic amines is 1. The van der Waals surface area contributed by atoms with Crippen molar-refractivity contribution in [1.82, 2.24) is 9.97 Å². The highest BCUT2D eigenvalue weighted by Gasteiger charge is 2.09. The maximum absolute atomic E-state index is 7.24. The molecule has 90 valence electrons. The zero-order valence-electron chi connectivity index (χ0n) is 9.95. The van der Waals surface area contributed by atoms with Crippen molar-refractivity contribution in [2.75, 3.05) is 0 Å². The van der Waals surface area contributed by atoms with E-state index in [1.165, 1.54) is 17.3 Å². The van der Waals surface area contributed by atoms with Crippen molar-refractivity contribution in [3.8, 4) is 0 Å². The Bertz CT molecular complexity index is 546. The summed E-state index contributed by atoms with van der Waals surface area (Å²) in [6.07, 6.45) is 0.790. The van der Waals surface area contributed by atoms with E-state index in [2.05, 4.69) is 29.0 Å². The number of fused-ring (bicyclic) bond motifs is 1. The summed E-state index contributed by atoms with van der Waals surface area (Å²) < 4.78 is 0. The molecule has 5 heteroatoms.